The van der Waals surface area contributed by atoms with Gasteiger partial charge in [-0.2, -0.15) is 0 Å². The lowest BCUT2D eigenvalue weighted by atomic mass is 10.2. The molecular formula is C12H13N5O2S. The van der Waals surface area contributed by atoms with Crippen LogP contribution in [0.2, 0.25) is 0 Å². The Morgan fingerprint density at radius 2 is 2.10 bits per heavy atom. The molecule has 0 aliphatic carbocycles. The van der Waals surface area contributed by atoms with Gasteiger partial charge in [-0.25, -0.2) is 4.98 Å². The van der Waals surface area contributed by atoms with E-state index in [4.69, 9.17) is 11.5 Å². The normalized spacial score (nSPS) is 10.1. The molecule has 6 N–H and O–H groups in total. The smallest absolute Gasteiger partial charge is 0.270 e. The molecule has 0 atom stereocenters. The molecule has 104 valence electrons. The Balaban J connectivity index is 2.27. The minimum Gasteiger partial charge on any atom is -0.399 e. The maximum absolute atomic E-state index is 12.1. The molecule has 0 saturated carbocycles. The van der Waals surface area contributed by atoms with E-state index in [9.17, 15) is 9.59 Å². The molecule has 2 aromatic rings. The third-order valence-electron chi connectivity index (χ3n) is 2.45. The molecule has 0 bridgehead atoms. The third-order valence-corrected chi connectivity index (χ3v) is 3.44. The van der Waals surface area contributed by atoms with Crippen molar-refractivity contribution in [2.45, 2.75) is 0 Å². The Morgan fingerprint density at radius 1 is 1.35 bits per heavy atom. The number of hydrogen-bond acceptors (Lipinski definition) is 6. The summed E-state index contributed by atoms with van der Waals surface area (Å²) in [6.45, 7) is 0. The number of carbonyl (C=O) groups excluding carboxylic acids is 2. The molecule has 0 fully saturated rings. The first-order valence-corrected chi connectivity index (χ1v) is 6.48. The van der Waals surface area contributed by atoms with Gasteiger partial charge in [0.1, 0.15) is 5.00 Å². The monoisotopic (exact) mass is 291 g/mol. The highest BCUT2D eigenvalue weighted by atomic mass is 32.1. The van der Waals surface area contributed by atoms with E-state index < -0.39 is 5.91 Å². The maximum atomic E-state index is 12.1. The van der Waals surface area contributed by atoms with E-state index in [1.165, 1.54) is 0 Å². The molecule has 0 spiro atoms. The van der Waals surface area contributed by atoms with E-state index in [2.05, 4.69) is 15.6 Å². The predicted molar refractivity (Wildman–Crippen MR) is 79.0 cm³/mol. The number of aromatic nitrogens is 1. The highest BCUT2D eigenvalue weighted by Gasteiger charge is 2.18. The molecule has 2 rings (SSSR count). The highest BCUT2D eigenvalue weighted by molar-refractivity contribution is 7.20. The lowest BCUT2D eigenvalue weighted by molar-refractivity contribution is 0.0997. The van der Waals surface area contributed by atoms with Gasteiger partial charge in [0.05, 0.1) is 0 Å². The zero-order valence-electron chi connectivity index (χ0n) is 10.6. The van der Waals surface area contributed by atoms with Crippen molar-refractivity contribution in [3.63, 3.8) is 0 Å². The van der Waals surface area contributed by atoms with Crippen LogP contribution in [0.15, 0.2) is 24.3 Å². The molecule has 1 aromatic heterocycles. The van der Waals surface area contributed by atoms with Crippen LogP contribution in [0, 0.1) is 0 Å². The van der Waals surface area contributed by atoms with Crippen LogP contribution in [0.25, 0.3) is 0 Å². The van der Waals surface area contributed by atoms with Gasteiger partial charge in [-0.3, -0.25) is 9.59 Å². The number of nitrogens with zero attached hydrogens (tertiary/aromatic N) is 1. The zero-order chi connectivity index (χ0) is 14.7. The number of amides is 2. The standard InChI is InChI=1S/C12H13N5O2S/c1-15-12-16-8(9(14)18)11(20-12)17-10(19)6-3-2-4-7(13)5-6/h2-5H,13H2,1H3,(H2,14,18)(H,15,16)(H,17,19). The Morgan fingerprint density at radius 3 is 2.70 bits per heavy atom. The fraction of sp³-hybridized carbons (Fsp3) is 0.0833. The summed E-state index contributed by atoms with van der Waals surface area (Å²) in [5, 5.41) is 6.19. The van der Waals surface area contributed by atoms with Gasteiger partial charge >= 0.3 is 0 Å². The largest absolute Gasteiger partial charge is 0.399 e. The van der Waals surface area contributed by atoms with Crippen molar-refractivity contribution in [1.29, 1.82) is 0 Å². The van der Waals surface area contributed by atoms with Crippen LogP contribution < -0.4 is 22.1 Å². The Hall–Kier alpha value is -2.61. The number of nitrogen functional groups attached to an aromatic ring is 1. The second kappa shape index (κ2) is 5.57. The first-order valence-electron chi connectivity index (χ1n) is 5.66. The molecule has 1 aromatic carbocycles. The van der Waals surface area contributed by atoms with Gasteiger partial charge < -0.3 is 22.1 Å². The molecule has 2 amide bonds. The van der Waals surface area contributed by atoms with E-state index in [0.29, 0.717) is 21.4 Å². The van der Waals surface area contributed by atoms with Crippen molar-refractivity contribution in [3.05, 3.63) is 35.5 Å². The fourth-order valence-corrected chi connectivity index (χ4v) is 2.35. The minimum atomic E-state index is -0.703. The second-order valence-corrected chi connectivity index (χ2v) is 4.89. The van der Waals surface area contributed by atoms with Crippen LogP contribution in [0.3, 0.4) is 0 Å². The van der Waals surface area contributed by atoms with Crippen molar-refractivity contribution in [3.8, 4) is 0 Å². The highest BCUT2D eigenvalue weighted by Crippen LogP contribution is 2.28. The molecular weight excluding hydrogens is 278 g/mol. The quantitative estimate of drug-likeness (QED) is 0.628. The number of nitrogens with two attached hydrogens (primary N) is 2. The number of primary amides is 1. The van der Waals surface area contributed by atoms with Gasteiger partial charge in [-0.05, 0) is 18.2 Å². The molecule has 0 aliphatic heterocycles. The molecule has 7 nitrogen and oxygen atoms in total. The van der Waals surface area contributed by atoms with E-state index in [0.717, 1.165) is 11.3 Å². The van der Waals surface area contributed by atoms with Crippen LogP contribution in [-0.2, 0) is 0 Å². The van der Waals surface area contributed by atoms with Crippen LogP contribution >= 0.6 is 11.3 Å². The first kappa shape index (κ1) is 13.8. The Kier molecular flexibility index (Phi) is 3.85. The predicted octanol–water partition coefficient (Wildman–Crippen LogP) is 1.12. The van der Waals surface area contributed by atoms with Gasteiger partial charge in [0, 0.05) is 18.3 Å². The van der Waals surface area contributed by atoms with Crippen molar-refractivity contribution < 1.29 is 9.59 Å². The SMILES string of the molecule is CNc1nc(C(N)=O)c(NC(=O)c2cccc(N)c2)s1. The molecule has 0 saturated heterocycles. The van der Waals surface area contributed by atoms with Gasteiger partial charge in [0.15, 0.2) is 10.8 Å². The number of anilines is 3. The van der Waals surface area contributed by atoms with E-state index in [1.807, 2.05) is 0 Å². The third kappa shape index (κ3) is 2.86. The number of benzene rings is 1. The van der Waals surface area contributed by atoms with E-state index in [1.54, 1.807) is 31.3 Å². The van der Waals surface area contributed by atoms with Crippen molar-refractivity contribution in [2.75, 3.05) is 23.4 Å². The summed E-state index contributed by atoms with van der Waals surface area (Å²) in [4.78, 5) is 27.4. The van der Waals surface area contributed by atoms with Gasteiger partial charge in [0.25, 0.3) is 11.8 Å². The molecule has 0 unspecified atom stereocenters. The van der Waals surface area contributed by atoms with Crippen molar-refractivity contribution in [2.24, 2.45) is 5.73 Å². The lowest BCUT2D eigenvalue weighted by Crippen LogP contribution is -2.17. The Bertz CT molecular complexity index is 668. The number of nitrogens with one attached hydrogen (secondary N) is 2. The first-order chi connectivity index (χ1) is 9.51. The van der Waals surface area contributed by atoms with E-state index in [-0.39, 0.29) is 11.6 Å². The van der Waals surface area contributed by atoms with Crippen LogP contribution in [-0.4, -0.2) is 23.8 Å². The summed E-state index contributed by atoms with van der Waals surface area (Å²) in [7, 11) is 1.66. The lowest BCUT2D eigenvalue weighted by Gasteiger charge is -2.04. The van der Waals surface area contributed by atoms with Crippen LogP contribution in [0.1, 0.15) is 20.8 Å². The minimum absolute atomic E-state index is 0.0246. The molecule has 0 aliphatic rings. The summed E-state index contributed by atoms with van der Waals surface area (Å²) in [5.41, 5.74) is 11.7. The molecule has 0 radical (unpaired) electrons. The molecule has 1 heterocycles. The average molecular weight is 291 g/mol. The number of hydrogen-bond donors (Lipinski definition) is 4. The van der Waals surface area contributed by atoms with Crippen LogP contribution in [0.4, 0.5) is 15.8 Å². The number of carbonyl (C=O) groups is 2. The van der Waals surface area contributed by atoms with Crippen molar-refractivity contribution >= 4 is 39.0 Å². The Labute approximate surface area is 119 Å². The summed E-state index contributed by atoms with van der Waals surface area (Å²) in [5.74, 6) is -1.09. The summed E-state index contributed by atoms with van der Waals surface area (Å²) >= 11 is 1.13. The second-order valence-electron chi connectivity index (χ2n) is 3.89. The topological polar surface area (TPSA) is 123 Å². The summed E-state index contributed by atoms with van der Waals surface area (Å²) in [6, 6.07) is 6.51. The van der Waals surface area contributed by atoms with Crippen LogP contribution in [0.5, 0.6) is 0 Å². The number of rotatable bonds is 4. The summed E-state index contributed by atoms with van der Waals surface area (Å²) in [6.07, 6.45) is 0. The number of thiazole rings is 1. The molecule has 8 heteroatoms. The van der Waals surface area contributed by atoms with E-state index >= 15 is 0 Å². The maximum Gasteiger partial charge on any atom is 0.270 e. The summed E-state index contributed by atoms with van der Waals surface area (Å²) < 4.78 is 0. The van der Waals surface area contributed by atoms with Gasteiger partial charge in [-0.1, -0.05) is 17.4 Å². The van der Waals surface area contributed by atoms with Crippen molar-refractivity contribution in [1.82, 2.24) is 4.98 Å². The van der Waals surface area contributed by atoms with Gasteiger partial charge in [-0.15, -0.1) is 0 Å². The average Bonchev–Trinajstić information content (AvgIpc) is 2.82. The van der Waals surface area contributed by atoms with Gasteiger partial charge in [0.2, 0.25) is 0 Å². The molecule has 20 heavy (non-hydrogen) atoms. The fourth-order valence-electron chi connectivity index (χ4n) is 1.53. The zero-order valence-corrected chi connectivity index (χ0v) is 11.5.